The molecular formula is C22H16ClN3O. The van der Waals surface area contributed by atoms with Crippen LogP contribution in [-0.2, 0) is 4.79 Å². The maximum absolute atomic E-state index is 12.8. The van der Waals surface area contributed by atoms with E-state index in [1.54, 1.807) is 24.3 Å². The van der Waals surface area contributed by atoms with Crippen molar-refractivity contribution in [2.45, 2.75) is 24.9 Å². The second-order valence-electron chi connectivity index (χ2n) is 6.95. The molecule has 27 heavy (non-hydrogen) atoms. The molecule has 0 radical (unpaired) electrons. The van der Waals surface area contributed by atoms with Gasteiger partial charge in [-0.2, -0.15) is 10.5 Å². The normalized spacial score (nSPS) is 24.4. The molecule has 2 heterocycles. The minimum atomic E-state index is -1.38. The topological polar surface area (TPSA) is 67.9 Å². The average Bonchev–Trinajstić information content (AvgIpc) is 3.00. The molecule has 0 aromatic heterocycles. The number of para-hydroxylation sites is 1. The highest BCUT2D eigenvalue weighted by Gasteiger charge is 2.62. The quantitative estimate of drug-likeness (QED) is 0.785. The third-order valence-electron chi connectivity index (χ3n) is 5.56. The van der Waals surface area contributed by atoms with Crippen molar-refractivity contribution in [2.24, 2.45) is 5.41 Å². The molecule has 0 N–H and O–H groups in total. The van der Waals surface area contributed by atoms with Crippen molar-refractivity contribution < 1.29 is 4.79 Å². The molecule has 2 aromatic rings. The third-order valence-corrected chi connectivity index (χ3v) is 5.81. The molecule has 0 spiro atoms. The Labute approximate surface area is 162 Å². The number of hydrogen-bond acceptors (Lipinski definition) is 4. The predicted octanol–water partition coefficient (Wildman–Crippen LogP) is 4.33. The van der Waals surface area contributed by atoms with Gasteiger partial charge in [0, 0.05) is 16.6 Å². The maximum atomic E-state index is 12.8. The van der Waals surface area contributed by atoms with Crippen LogP contribution in [0.4, 0.5) is 5.69 Å². The lowest BCUT2D eigenvalue weighted by atomic mass is 9.69. The van der Waals surface area contributed by atoms with Gasteiger partial charge in [0.25, 0.3) is 0 Å². The van der Waals surface area contributed by atoms with E-state index in [2.05, 4.69) is 12.1 Å². The van der Waals surface area contributed by atoms with Crippen molar-refractivity contribution in [3.8, 4) is 12.1 Å². The van der Waals surface area contributed by atoms with Gasteiger partial charge in [0.05, 0.1) is 24.2 Å². The molecule has 1 saturated heterocycles. The summed E-state index contributed by atoms with van der Waals surface area (Å²) in [5.41, 5.74) is 1.23. The number of Topliss-reactive ketones (excluding diaryl/α,β-unsaturated/α-hetero) is 1. The van der Waals surface area contributed by atoms with E-state index in [0.29, 0.717) is 5.02 Å². The largest absolute Gasteiger partial charge is 0.351 e. The summed E-state index contributed by atoms with van der Waals surface area (Å²) in [6.45, 7) is 1.52. The first kappa shape index (κ1) is 17.3. The Morgan fingerprint density at radius 1 is 1.11 bits per heavy atom. The number of carbonyl (C=O) groups is 1. The molecule has 0 saturated carbocycles. The predicted molar refractivity (Wildman–Crippen MR) is 104 cm³/mol. The zero-order valence-electron chi connectivity index (χ0n) is 14.6. The highest BCUT2D eigenvalue weighted by atomic mass is 35.5. The van der Waals surface area contributed by atoms with Gasteiger partial charge < -0.3 is 4.90 Å². The first-order valence-corrected chi connectivity index (χ1v) is 9.05. The molecule has 2 aliphatic heterocycles. The molecule has 4 nitrogen and oxygen atoms in total. The summed E-state index contributed by atoms with van der Waals surface area (Å²) in [6, 6.07) is 18.2. The van der Waals surface area contributed by atoms with Crippen LogP contribution in [0, 0.1) is 28.1 Å². The number of ketones is 1. The van der Waals surface area contributed by atoms with E-state index in [0.717, 1.165) is 16.8 Å². The van der Waals surface area contributed by atoms with Gasteiger partial charge in [-0.05, 0) is 36.2 Å². The minimum Gasteiger partial charge on any atom is -0.351 e. The van der Waals surface area contributed by atoms with Crippen LogP contribution in [0.25, 0.3) is 6.08 Å². The van der Waals surface area contributed by atoms with Gasteiger partial charge in [0.2, 0.25) is 0 Å². The van der Waals surface area contributed by atoms with E-state index < -0.39 is 23.4 Å². The summed E-state index contributed by atoms with van der Waals surface area (Å²) in [6.07, 6.45) is 3.81. The number of benzene rings is 2. The Morgan fingerprint density at radius 2 is 1.78 bits per heavy atom. The fraction of sp³-hybridized carbons (Fsp3) is 0.227. The standard InChI is InChI=1S/C22H16ClN3O/c1-14(27)21-20(16-6-9-17(23)10-7-16)22(12-24,13-25)19-11-8-15-4-2-3-5-18(15)26(19)21/h2-11,19-21H,1H3/t19-,20-,21-/m0/s1. The number of nitriles is 2. The molecule has 0 bridgehead atoms. The number of anilines is 1. The van der Waals surface area contributed by atoms with Gasteiger partial charge in [-0.3, -0.25) is 4.79 Å². The van der Waals surface area contributed by atoms with E-state index in [1.807, 2.05) is 41.3 Å². The summed E-state index contributed by atoms with van der Waals surface area (Å²) in [4.78, 5) is 14.7. The van der Waals surface area contributed by atoms with Crippen molar-refractivity contribution >= 4 is 29.1 Å². The molecule has 5 heteroatoms. The highest BCUT2D eigenvalue weighted by molar-refractivity contribution is 6.30. The number of nitrogens with zero attached hydrogens (tertiary/aromatic N) is 3. The van der Waals surface area contributed by atoms with Gasteiger partial charge in [-0.1, -0.05) is 54.1 Å². The lowest BCUT2D eigenvalue weighted by molar-refractivity contribution is -0.118. The van der Waals surface area contributed by atoms with Crippen LogP contribution in [-0.4, -0.2) is 17.9 Å². The Kier molecular flexibility index (Phi) is 4.02. The second kappa shape index (κ2) is 6.27. The molecule has 0 aliphatic carbocycles. The van der Waals surface area contributed by atoms with Gasteiger partial charge >= 0.3 is 0 Å². The number of hydrogen-bond donors (Lipinski definition) is 0. The average molecular weight is 374 g/mol. The molecule has 3 atom stereocenters. The van der Waals surface area contributed by atoms with Crippen LogP contribution in [0.2, 0.25) is 5.02 Å². The number of halogens is 1. The van der Waals surface area contributed by atoms with Crippen LogP contribution in [0.1, 0.15) is 24.0 Å². The van der Waals surface area contributed by atoms with Crippen LogP contribution >= 0.6 is 11.6 Å². The fourth-order valence-electron chi connectivity index (χ4n) is 4.43. The first-order chi connectivity index (χ1) is 13.0. The molecule has 1 fully saturated rings. The molecule has 0 unspecified atom stereocenters. The SMILES string of the molecule is CC(=O)[C@H]1[C@H](c2ccc(Cl)cc2)C(C#N)(C#N)[C@@H]2C=Cc3ccccc3N21. The fourth-order valence-corrected chi connectivity index (χ4v) is 4.56. The molecule has 2 aromatic carbocycles. The van der Waals surface area contributed by atoms with Gasteiger partial charge in [0.15, 0.2) is 11.2 Å². The van der Waals surface area contributed by atoms with Crippen molar-refractivity contribution in [1.29, 1.82) is 10.5 Å². The van der Waals surface area contributed by atoms with Gasteiger partial charge in [-0.25, -0.2) is 0 Å². The summed E-state index contributed by atoms with van der Waals surface area (Å²) < 4.78 is 0. The summed E-state index contributed by atoms with van der Waals surface area (Å²) in [5, 5.41) is 20.8. The van der Waals surface area contributed by atoms with E-state index in [9.17, 15) is 15.3 Å². The van der Waals surface area contributed by atoms with Crippen molar-refractivity contribution in [3.05, 3.63) is 70.8 Å². The molecule has 4 rings (SSSR count). The van der Waals surface area contributed by atoms with Crippen molar-refractivity contribution in [2.75, 3.05) is 4.90 Å². The van der Waals surface area contributed by atoms with E-state index >= 15 is 0 Å². The van der Waals surface area contributed by atoms with Crippen LogP contribution in [0.15, 0.2) is 54.6 Å². The Bertz CT molecular complexity index is 1010. The van der Waals surface area contributed by atoms with Crippen molar-refractivity contribution in [3.63, 3.8) is 0 Å². The summed E-state index contributed by atoms with van der Waals surface area (Å²) in [5.74, 6) is -0.652. The van der Waals surface area contributed by atoms with Crippen LogP contribution < -0.4 is 4.90 Å². The second-order valence-corrected chi connectivity index (χ2v) is 7.38. The first-order valence-electron chi connectivity index (χ1n) is 8.67. The van der Waals surface area contributed by atoms with Gasteiger partial charge in [-0.15, -0.1) is 0 Å². The Morgan fingerprint density at radius 3 is 2.41 bits per heavy atom. The van der Waals surface area contributed by atoms with Gasteiger partial charge in [0.1, 0.15) is 0 Å². The highest BCUT2D eigenvalue weighted by Crippen LogP contribution is 2.55. The molecular weight excluding hydrogens is 358 g/mol. The zero-order valence-corrected chi connectivity index (χ0v) is 15.4. The van der Waals surface area contributed by atoms with E-state index in [-0.39, 0.29) is 5.78 Å². The van der Waals surface area contributed by atoms with E-state index in [4.69, 9.17) is 11.6 Å². The Hall–Kier alpha value is -3.08. The number of rotatable bonds is 2. The molecule has 132 valence electrons. The van der Waals surface area contributed by atoms with Crippen LogP contribution in [0.5, 0.6) is 0 Å². The smallest absolute Gasteiger partial charge is 0.176 e. The maximum Gasteiger partial charge on any atom is 0.176 e. The molecule has 0 amide bonds. The number of fused-ring (bicyclic) bond motifs is 3. The third kappa shape index (κ3) is 2.38. The zero-order chi connectivity index (χ0) is 19.2. The lowest BCUT2D eigenvalue weighted by Crippen LogP contribution is -2.43. The van der Waals surface area contributed by atoms with Crippen molar-refractivity contribution in [1.82, 2.24) is 0 Å². The summed E-state index contributed by atoms with van der Waals surface area (Å²) in [7, 11) is 0. The number of carbonyl (C=O) groups excluding carboxylic acids is 1. The Balaban J connectivity index is 1.99. The molecule has 2 aliphatic rings. The lowest BCUT2D eigenvalue weighted by Gasteiger charge is -2.35. The van der Waals surface area contributed by atoms with E-state index in [1.165, 1.54) is 6.92 Å². The monoisotopic (exact) mass is 373 g/mol. The minimum absolute atomic E-state index is 0.0718. The van der Waals surface area contributed by atoms with Crippen LogP contribution in [0.3, 0.4) is 0 Å². The summed E-state index contributed by atoms with van der Waals surface area (Å²) >= 11 is 6.03.